The predicted octanol–water partition coefficient (Wildman–Crippen LogP) is 1.90. The molecule has 5 heteroatoms. The Bertz CT molecular complexity index is 452. The van der Waals surface area contributed by atoms with E-state index >= 15 is 0 Å². The number of rotatable bonds is 3. The molecule has 0 aromatic heterocycles. The molecule has 81 valence electrons. The molecule has 5 nitrogen and oxygen atoms in total. The van der Waals surface area contributed by atoms with Crippen molar-refractivity contribution < 1.29 is 9.53 Å². The number of carbonyl (C=O) groups excluding carboxylic acids is 1. The summed E-state index contributed by atoms with van der Waals surface area (Å²) in [5, 5.41) is 7.33. The van der Waals surface area contributed by atoms with Crippen LogP contribution in [0.15, 0.2) is 46.4 Å². The van der Waals surface area contributed by atoms with Gasteiger partial charge < -0.3 is 4.74 Å². The second kappa shape index (κ2) is 4.57. The second-order valence-corrected chi connectivity index (χ2v) is 3.07. The van der Waals surface area contributed by atoms with Gasteiger partial charge in [0.15, 0.2) is 0 Å². The number of hydrogen-bond acceptors (Lipinski definition) is 4. The zero-order valence-corrected chi connectivity index (χ0v) is 8.75. The molecule has 0 fully saturated rings. The van der Waals surface area contributed by atoms with E-state index in [4.69, 9.17) is 4.74 Å². The molecule has 1 radical (unpaired) electrons. The molecule has 2 rings (SSSR count). The molecular weight excluding hydrogens is 206 g/mol. The van der Waals surface area contributed by atoms with Crippen molar-refractivity contribution in [2.45, 2.75) is 6.92 Å². The van der Waals surface area contributed by atoms with Gasteiger partial charge in [0, 0.05) is 5.56 Å². The Kier molecular flexibility index (Phi) is 2.95. The lowest BCUT2D eigenvalue weighted by Crippen LogP contribution is -2.12. The lowest BCUT2D eigenvalue weighted by Gasteiger charge is -2.02. The molecular formula is C11H10N3O2. The monoisotopic (exact) mass is 216 g/mol. The summed E-state index contributed by atoms with van der Waals surface area (Å²) < 4.78 is 4.87. The quantitative estimate of drug-likeness (QED) is 0.724. The Balaban J connectivity index is 2.33. The lowest BCUT2D eigenvalue weighted by atomic mass is 10.1. The average Bonchev–Trinajstić information content (AvgIpc) is 2.79. The molecule has 0 atom stereocenters. The van der Waals surface area contributed by atoms with Crippen molar-refractivity contribution in [2.24, 2.45) is 10.3 Å². The molecule has 1 heterocycles. The molecule has 0 spiro atoms. The van der Waals surface area contributed by atoms with Crippen LogP contribution in [-0.4, -0.2) is 12.6 Å². The van der Waals surface area contributed by atoms with Crippen molar-refractivity contribution in [2.75, 3.05) is 6.61 Å². The Labute approximate surface area is 92.8 Å². The molecule has 0 saturated carbocycles. The highest BCUT2D eigenvalue weighted by molar-refractivity contribution is 5.97. The van der Waals surface area contributed by atoms with Gasteiger partial charge in [-0.1, -0.05) is 30.3 Å². The summed E-state index contributed by atoms with van der Waals surface area (Å²) in [7, 11) is 0. The standard InChI is InChI=1S/C11H10N3O2/c1-2-16-11(15)10-9(12-14-13-10)8-6-4-3-5-7-8/h3-7H,2H2,1H3. The molecule has 0 amide bonds. The zero-order valence-electron chi connectivity index (χ0n) is 8.75. The van der Waals surface area contributed by atoms with E-state index in [1.165, 1.54) is 0 Å². The third-order valence-electron chi connectivity index (χ3n) is 2.03. The van der Waals surface area contributed by atoms with E-state index in [2.05, 4.69) is 15.8 Å². The summed E-state index contributed by atoms with van der Waals surface area (Å²) in [5.41, 5.74) is 5.09. The van der Waals surface area contributed by atoms with E-state index in [1.54, 1.807) is 6.92 Å². The van der Waals surface area contributed by atoms with Crippen LogP contribution in [0.5, 0.6) is 0 Å². The first-order valence-electron chi connectivity index (χ1n) is 4.91. The van der Waals surface area contributed by atoms with Gasteiger partial charge in [0.25, 0.3) is 0 Å². The van der Waals surface area contributed by atoms with Gasteiger partial charge in [0.05, 0.1) is 6.61 Å². The van der Waals surface area contributed by atoms with E-state index in [1.807, 2.05) is 30.3 Å². The highest BCUT2D eigenvalue weighted by Crippen LogP contribution is 2.24. The molecule has 1 aromatic rings. The average molecular weight is 216 g/mol. The minimum absolute atomic E-state index is 0.160. The Hall–Kier alpha value is -2.17. The van der Waals surface area contributed by atoms with Crippen molar-refractivity contribution in [3.05, 3.63) is 41.6 Å². The molecule has 1 aliphatic rings. The summed E-state index contributed by atoms with van der Waals surface area (Å²) >= 11 is 0. The zero-order chi connectivity index (χ0) is 11.4. The van der Waals surface area contributed by atoms with Crippen molar-refractivity contribution in [3.8, 4) is 0 Å². The number of nitrogens with zero attached hydrogens (tertiary/aromatic N) is 3. The number of benzene rings is 1. The number of esters is 1. The number of carbonyl (C=O) groups is 1. The topological polar surface area (TPSA) is 65.1 Å². The Morgan fingerprint density at radius 2 is 2.06 bits per heavy atom. The number of ether oxygens (including phenoxy) is 1. The lowest BCUT2D eigenvalue weighted by molar-refractivity contribution is -0.138. The van der Waals surface area contributed by atoms with Crippen LogP contribution < -0.4 is 5.43 Å². The third kappa shape index (κ3) is 1.93. The van der Waals surface area contributed by atoms with Gasteiger partial charge in [0.1, 0.15) is 5.70 Å². The van der Waals surface area contributed by atoms with Gasteiger partial charge in [-0.2, -0.15) is 0 Å². The fourth-order valence-corrected chi connectivity index (χ4v) is 1.33. The van der Waals surface area contributed by atoms with E-state index < -0.39 is 5.97 Å². The molecule has 1 aliphatic heterocycles. The van der Waals surface area contributed by atoms with Crippen LogP contribution in [0.4, 0.5) is 0 Å². The van der Waals surface area contributed by atoms with Gasteiger partial charge in [-0.3, -0.25) is 0 Å². The molecule has 1 aromatic carbocycles. The van der Waals surface area contributed by atoms with Gasteiger partial charge in [-0.15, -0.1) is 10.5 Å². The largest absolute Gasteiger partial charge is 0.461 e. The van der Waals surface area contributed by atoms with Gasteiger partial charge >= 0.3 is 5.97 Å². The first-order valence-corrected chi connectivity index (χ1v) is 4.91. The van der Waals surface area contributed by atoms with Gasteiger partial charge in [0.2, 0.25) is 5.70 Å². The van der Waals surface area contributed by atoms with Crippen LogP contribution in [-0.2, 0) is 9.53 Å². The highest BCUT2D eigenvalue weighted by atomic mass is 16.5. The highest BCUT2D eigenvalue weighted by Gasteiger charge is 2.23. The van der Waals surface area contributed by atoms with Crippen molar-refractivity contribution in [3.63, 3.8) is 0 Å². The molecule has 0 unspecified atom stereocenters. The SMILES string of the molecule is CCOC(=O)C1=C(c2ccccc2)N=N[N]1. The smallest absolute Gasteiger partial charge is 0.361 e. The third-order valence-corrected chi connectivity index (χ3v) is 2.03. The minimum Gasteiger partial charge on any atom is -0.461 e. The Morgan fingerprint density at radius 1 is 1.31 bits per heavy atom. The van der Waals surface area contributed by atoms with Crippen molar-refractivity contribution >= 4 is 11.7 Å². The fourth-order valence-electron chi connectivity index (χ4n) is 1.33. The van der Waals surface area contributed by atoms with Crippen LogP contribution >= 0.6 is 0 Å². The maximum Gasteiger partial charge on any atom is 0.361 e. The Morgan fingerprint density at radius 3 is 2.75 bits per heavy atom. The van der Waals surface area contributed by atoms with Crippen molar-refractivity contribution in [1.82, 2.24) is 5.43 Å². The summed E-state index contributed by atoms with van der Waals surface area (Å²) in [6.45, 7) is 2.05. The van der Waals surface area contributed by atoms with Gasteiger partial charge in [-0.05, 0) is 12.1 Å². The first-order chi connectivity index (χ1) is 7.83. The molecule has 0 aliphatic carbocycles. The van der Waals surface area contributed by atoms with E-state index in [0.717, 1.165) is 5.56 Å². The van der Waals surface area contributed by atoms with Crippen LogP contribution in [0.1, 0.15) is 12.5 Å². The normalized spacial score (nSPS) is 13.8. The minimum atomic E-state index is -0.494. The van der Waals surface area contributed by atoms with Crippen molar-refractivity contribution in [1.29, 1.82) is 0 Å². The van der Waals surface area contributed by atoms with Gasteiger partial charge in [-0.25, -0.2) is 4.79 Å². The van der Waals surface area contributed by atoms with E-state index in [9.17, 15) is 4.79 Å². The number of hydrogen-bond donors (Lipinski definition) is 0. The van der Waals surface area contributed by atoms with Crippen LogP contribution in [0, 0.1) is 0 Å². The maximum absolute atomic E-state index is 11.5. The predicted molar refractivity (Wildman–Crippen MR) is 57.0 cm³/mol. The van der Waals surface area contributed by atoms with Crippen LogP contribution in [0.25, 0.3) is 5.70 Å². The van der Waals surface area contributed by atoms with Crippen LogP contribution in [0.3, 0.4) is 0 Å². The van der Waals surface area contributed by atoms with Crippen LogP contribution in [0.2, 0.25) is 0 Å². The molecule has 0 saturated heterocycles. The summed E-state index contributed by atoms with van der Waals surface area (Å²) in [6.07, 6.45) is 0. The molecule has 0 N–H and O–H groups in total. The summed E-state index contributed by atoms with van der Waals surface area (Å²) in [6, 6.07) is 9.29. The summed E-state index contributed by atoms with van der Waals surface area (Å²) in [4.78, 5) is 11.5. The first kappa shape index (κ1) is 10.4. The fraction of sp³-hybridized carbons (Fsp3) is 0.182. The molecule has 16 heavy (non-hydrogen) atoms. The summed E-state index contributed by atoms with van der Waals surface area (Å²) in [5.74, 6) is -0.494. The second-order valence-electron chi connectivity index (χ2n) is 3.07. The van der Waals surface area contributed by atoms with E-state index in [0.29, 0.717) is 12.3 Å². The maximum atomic E-state index is 11.5. The van der Waals surface area contributed by atoms with E-state index in [-0.39, 0.29) is 5.70 Å². The molecule has 0 bridgehead atoms.